The molecule has 0 spiro atoms. The van der Waals surface area contributed by atoms with E-state index < -0.39 is 0 Å². The van der Waals surface area contributed by atoms with Crippen LogP contribution in [0.1, 0.15) is 44.6 Å². The maximum atomic E-state index is 13.2. The molecule has 1 unspecified atom stereocenters. The summed E-state index contributed by atoms with van der Waals surface area (Å²) in [5.41, 5.74) is 0.933. The summed E-state index contributed by atoms with van der Waals surface area (Å²) >= 11 is 6.13. The van der Waals surface area contributed by atoms with Crippen molar-refractivity contribution in [2.45, 2.75) is 51.5 Å². The Kier molecular flexibility index (Phi) is 5.65. The lowest BCUT2D eigenvalue weighted by atomic mass is 9.92. The zero-order valence-corrected chi connectivity index (χ0v) is 12.3. The minimum Gasteiger partial charge on any atom is -0.314 e. The third-order valence-electron chi connectivity index (χ3n) is 4.17. The number of aryl methyl sites for hydroxylation is 1. The SMILES string of the molecule is CCNC(CCc1cc(F)ccc1Cl)C1CCCC1. The van der Waals surface area contributed by atoms with E-state index in [4.69, 9.17) is 11.6 Å². The molecule has 1 aliphatic rings. The van der Waals surface area contributed by atoms with Crippen molar-refractivity contribution in [1.29, 1.82) is 0 Å². The average molecular weight is 284 g/mol. The number of benzene rings is 1. The van der Waals surface area contributed by atoms with Gasteiger partial charge in [-0.2, -0.15) is 0 Å². The summed E-state index contributed by atoms with van der Waals surface area (Å²) in [6, 6.07) is 5.20. The van der Waals surface area contributed by atoms with E-state index in [-0.39, 0.29) is 5.82 Å². The molecule has 1 fully saturated rings. The van der Waals surface area contributed by atoms with Gasteiger partial charge in [-0.15, -0.1) is 0 Å². The Hall–Kier alpha value is -0.600. The van der Waals surface area contributed by atoms with Crippen LogP contribution in [0.4, 0.5) is 4.39 Å². The van der Waals surface area contributed by atoms with Gasteiger partial charge in [0.05, 0.1) is 0 Å². The molecule has 106 valence electrons. The summed E-state index contributed by atoms with van der Waals surface area (Å²) in [5.74, 6) is 0.590. The van der Waals surface area contributed by atoms with Crippen LogP contribution in [-0.4, -0.2) is 12.6 Å². The molecular formula is C16H23ClFN. The van der Waals surface area contributed by atoms with Crippen molar-refractivity contribution in [3.05, 3.63) is 34.6 Å². The van der Waals surface area contributed by atoms with E-state index in [1.807, 2.05) is 0 Å². The number of rotatable bonds is 6. The van der Waals surface area contributed by atoms with Crippen LogP contribution in [0.25, 0.3) is 0 Å². The first-order valence-electron chi connectivity index (χ1n) is 7.38. The topological polar surface area (TPSA) is 12.0 Å². The predicted octanol–water partition coefficient (Wildman–Crippen LogP) is 4.58. The highest BCUT2D eigenvalue weighted by molar-refractivity contribution is 6.31. The highest BCUT2D eigenvalue weighted by atomic mass is 35.5. The van der Waals surface area contributed by atoms with Gasteiger partial charge in [-0.3, -0.25) is 0 Å². The molecule has 1 N–H and O–H groups in total. The van der Waals surface area contributed by atoms with Crippen LogP contribution in [0.15, 0.2) is 18.2 Å². The summed E-state index contributed by atoms with van der Waals surface area (Å²) in [7, 11) is 0. The molecule has 0 aliphatic heterocycles. The van der Waals surface area contributed by atoms with Crippen molar-refractivity contribution in [2.75, 3.05) is 6.54 Å². The molecule has 1 saturated carbocycles. The summed E-state index contributed by atoms with van der Waals surface area (Å²) in [6.07, 6.45) is 7.26. The van der Waals surface area contributed by atoms with E-state index in [0.717, 1.165) is 30.9 Å². The second kappa shape index (κ2) is 7.25. The lowest BCUT2D eigenvalue weighted by Crippen LogP contribution is -2.35. The third-order valence-corrected chi connectivity index (χ3v) is 4.54. The molecule has 0 amide bonds. The fraction of sp³-hybridized carbons (Fsp3) is 0.625. The summed E-state index contributed by atoms with van der Waals surface area (Å²) < 4.78 is 13.2. The van der Waals surface area contributed by atoms with Gasteiger partial charge in [0.25, 0.3) is 0 Å². The van der Waals surface area contributed by atoms with Gasteiger partial charge in [-0.1, -0.05) is 31.4 Å². The van der Waals surface area contributed by atoms with Crippen molar-refractivity contribution >= 4 is 11.6 Å². The van der Waals surface area contributed by atoms with Crippen molar-refractivity contribution in [3.63, 3.8) is 0 Å². The zero-order valence-electron chi connectivity index (χ0n) is 11.6. The summed E-state index contributed by atoms with van der Waals surface area (Å²) in [4.78, 5) is 0. The molecular weight excluding hydrogens is 261 g/mol. The lowest BCUT2D eigenvalue weighted by molar-refractivity contribution is 0.346. The maximum Gasteiger partial charge on any atom is 0.123 e. The number of hydrogen-bond acceptors (Lipinski definition) is 1. The monoisotopic (exact) mass is 283 g/mol. The maximum absolute atomic E-state index is 13.2. The van der Waals surface area contributed by atoms with E-state index in [9.17, 15) is 4.39 Å². The molecule has 3 heteroatoms. The van der Waals surface area contributed by atoms with Crippen LogP contribution < -0.4 is 5.32 Å². The summed E-state index contributed by atoms with van der Waals surface area (Å²) in [5, 5.41) is 4.28. The van der Waals surface area contributed by atoms with E-state index >= 15 is 0 Å². The van der Waals surface area contributed by atoms with Crippen LogP contribution in [0.2, 0.25) is 5.02 Å². The minimum atomic E-state index is -0.194. The molecule has 1 aromatic rings. The second-order valence-electron chi connectivity index (χ2n) is 5.48. The molecule has 1 aliphatic carbocycles. The zero-order chi connectivity index (χ0) is 13.7. The molecule has 2 rings (SSSR count). The van der Waals surface area contributed by atoms with E-state index in [1.54, 1.807) is 12.1 Å². The minimum absolute atomic E-state index is 0.194. The molecule has 0 radical (unpaired) electrons. The molecule has 0 bridgehead atoms. The first kappa shape index (κ1) is 14.8. The first-order chi connectivity index (χ1) is 9.20. The average Bonchev–Trinajstić information content (AvgIpc) is 2.92. The Labute approximate surface area is 120 Å². The quantitative estimate of drug-likeness (QED) is 0.806. The summed E-state index contributed by atoms with van der Waals surface area (Å²) in [6.45, 7) is 3.15. The van der Waals surface area contributed by atoms with Gasteiger partial charge in [0.2, 0.25) is 0 Å². The van der Waals surface area contributed by atoms with Gasteiger partial charge in [-0.05, 0) is 61.9 Å². The van der Waals surface area contributed by atoms with Crippen molar-refractivity contribution in [2.24, 2.45) is 5.92 Å². The molecule has 1 aromatic carbocycles. The second-order valence-corrected chi connectivity index (χ2v) is 5.89. The number of halogens is 2. The van der Waals surface area contributed by atoms with Gasteiger partial charge >= 0.3 is 0 Å². The first-order valence-corrected chi connectivity index (χ1v) is 7.75. The van der Waals surface area contributed by atoms with Gasteiger partial charge in [0, 0.05) is 11.1 Å². The van der Waals surface area contributed by atoms with Crippen LogP contribution in [0, 0.1) is 11.7 Å². The van der Waals surface area contributed by atoms with Gasteiger partial charge in [0.15, 0.2) is 0 Å². The van der Waals surface area contributed by atoms with Gasteiger partial charge in [0.1, 0.15) is 5.82 Å². The predicted molar refractivity (Wildman–Crippen MR) is 79.2 cm³/mol. The Morgan fingerprint density at radius 2 is 2.11 bits per heavy atom. The van der Waals surface area contributed by atoms with Crippen LogP contribution >= 0.6 is 11.6 Å². The fourth-order valence-corrected chi connectivity index (χ4v) is 3.38. The van der Waals surface area contributed by atoms with Gasteiger partial charge < -0.3 is 5.32 Å². The molecule has 1 nitrogen and oxygen atoms in total. The van der Waals surface area contributed by atoms with Crippen LogP contribution in [0.3, 0.4) is 0 Å². The Bertz CT molecular complexity index is 402. The van der Waals surface area contributed by atoms with Gasteiger partial charge in [-0.25, -0.2) is 4.39 Å². The third kappa shape index (κ3) is 4.19. The number of nitrogens with one attached hydrogen (secondary N) is 1. The van der Waals surface area contributed by atoms with Crippen molar-refractivity contribution in [3.8, 4) is 0 Å². The largest absolute Gasteiger partial charge is 0.314 e. The number of hydrogen-bond donors (Lipinski definition) is 1. The van der Waals surface area contributed by atoms with Crippen LogP contribution in [-0.2, 0) is 6.42 Å². The Morgan fingerprint density at radius 1 is 1.37 bits per heavy atom. The van der Waals surface area contributed by atoms with Crippen molar-refractivity contribution < 1.29 is 4.39 Å². The van der Waals surface area contributed by atoms with Crippen LogP contribution in [0.5, 0.6) is 0 Å². The fourth-order valence-electron chi connectivity index (χ4n) is 3.17. The van der Waals surface area contributed by atoms with E-state index in [0.29, 0.717) is 11.1 Å². The highest BCUT2D eigenvalue weighted by Crippen LogP contribution is 2.30. The molecule has 0 heterocycles. The van der Waals surface area contributed by atoms with E-state index in [1.165, 1.54) is 31.7 Å². The smallest absolute Gasteiger partial charge is 0.123 e. The molecule has 19 heavy (non-hydrogen) atoms. The van der Waals surface area contributed by atoms with E-state index in [2.05, 4.69) is 12.2 Å². The Balaban J connectivity index is 1.95. The standard InChI is InChI=1S/C16H23ClFN/c1-2-19-16(12-5-3-4-6-12)10-7-13-11-14(18)8-9-15(13)17/h8-9,11-12,16,19H,2-7,10H2,1H3. The molecule has 0 saturated heterocycles. The van der Waals surface area contributed by atoms with Crippen molar-refractivity contribution in [1.82, 2.24) is 5.32 Å². The lowest BCUT2D eigenvalue weighted by Gasteiger charge is -2.24. The normalized spacial score (nSPS) is 17.8. The molecule has 1 atom stereocenters. The highest BCUT2D eigenvalue weighted by Gasteiger charge is 2.24. The molecule has 0 aromatic heterocycles. The Morgan fingerprint density at radius 3 is 2.79 bits per heavy atom.